The van der Waals surface area contributed by atoms with Gasteiger partial charge in [-0.2, -0.15) is 17.7 Å². The Bertz CT molecular complexity index is 1380. The molecule has 33 heavy (non-hydrogen) atoms. The molecule has 0 radical (unpaired) electrons. The molecular weight excluding hydrogens is 435 g/mol. The molecule has 4 rings (SSSR count). The van der Waals surface area contributed by atoms with Gasteiger partial charge in [-0.3, -0.25) is 9.36 Å². The summed E-state index contributed by atoms with van der Waals surface area (Å²) in [4.78, 5) is 29.7. The summed E-state index contributed by atoms with van der Waals surface area (Å²) in [7, 11) is 0. The molecule has 6 nitrogen and oxygen atoms in total. The number of hydrogen-bond acceptors (Lipinski definition) is 4. The first-order valence-electron chi connectivity index (χ1n) is 10.1. The zero-order chi connectivity index (χ0) is 23.6. The van der Waals surface area contributed by atoms with Crippen LogP contribution in [-0.2, 0) is 17.5 Å². The van der Waals surface area contributed by atoms with Gasteiger partial charge in [-0.05, 0) is 31.2 Å². The summed E-state index contributed by atoms with van der Waals surface area (Å²) >= 11 is 0. The molecule has 2 heterocycles. The SMILES string of the molecule is CCOC(=O)c1cc[n+](Cc2nc3ccccc3c(=O)n2-c2ccccc2C(F)(F)F)cc1. The van der Waals surface area contributed by atoms with Crippen molar-refractivity contribution >= 4 is 16.9 Å². The molecule has 0 fully saturated rings. The van der Waals surface area contributed by atoms with Gasteiger partial charge in [0.05, 0.1) is 34.3 Å². The van der Waals surface area contributed by atoms with Crippen molar-refractivity contribution in [2.75, 3.05) is 6.61 Å². The zero-order valence-electron chi connectivity index (χ0n) is 17.5. The topological polar surface area (TPSA) is 65.1 Å². The minimum atomic E-state index is -4.66. The standard InChI is InChI=1S/C24H19F3N3O3/c1-2-33-23(32)16-11-13-29(14-12-16)15-21-28-19-9-5-3-7-17(19)22(31)30(21)20-10-6-4-8-18(20)24(25,26)27/h3-14H,2,15H2,1H3/q+1. The van der Waals surface area contributed by atoms with E-state index in [-0.39, 0.29) is 30.0 Å². The molecule has 0 saturated carbocycles. The van der Waals surface area contributed by atoms with Crippen LogP contribution < -0.4 is 10.1 Å². The molecule has 0 saturated heterocycles. The molecule has 0 atom stereocenters. The first kappa shape index (κ1) is 22.2. The number of aromatic nitrogens is 3. The second kappa shape index (κ2) is 8.85. The molecule has 0 spiro atoms. The molecule has 0 bridgehead atoms. The van der Waals surface area contributed by atoms with Crippen molar-refractivity contribution in [3.05, 3.63) is 100 Å². The maximum Gasteiger partial charge on any atom is 0.418 e. The molecule has 0 aliphatic rings. The summed E-state index contributed by atoms with van der Waals surface area (Å²) in [5.74, 6) is -0.367. The molecule has 9 heteroatoms. The normalized spacial score (nSPS) is 11.5. The third-order valence-electron chi connectivity index (χ3n) is 5.02. The molecule has 0 aliphatic carbocycles. The average Bonchev–Trinajstić information content (AvgIpc) is 2.79. The van der Waals surface area contributed by atoms with Gasteiger partial charge in [-0.15, -0.1) is 0 Å². The molecular formula is C24H19F3N3O3+. The number of fused-ring (bicyclic) bond motifs is 1. The van der Waals surface area contributed by atoms with Crippen LogP contribution in [0, 0.1) is 0 Å². The molecule has 0 aliphatic heterocycles. The van der Waals surface area contributed by atoms with Crippen LogP contribution in [0.25, 0.3) is 16.6 Å². The number of ether oxygens (including phenoxy) is 1. The number of para-hydroxylation sites is 2. The van der Waals surface area contributed by atoms with Gasteiger partial charge in [0.15, 0.2) is 18.2 Å². The van der Waals surface area contributed by atoms with Gasteiger partial charge in [-0.1, -0.05) is 24.3 Å². The third-order valence-corrected chi connectivity index (χ3v) is 5.02. The summed E-state index contributed by atoms with van der Waals surface area (Å²) in [6, 6.07) is 14.5. The largest absolute Gasteiger partial charge is 0.462 e. The fourth-order valence-corrected chi connectivity index (χ4v) is 3.52. The highest BCUT2D eigenvalue weighted by atomic mass is 19.4. The van der Waals surface area contributed by atoms with Crippen LogP contribution in [0.3, 0.4) is 0 Å². The lowest BCUT2D eigenvalue weighted by Gasteiger charge is -2.17. The quantitative estimate of drug-likeness (QED) is 0.339. The van der Waals surface area contributed by atoms with Crippen molar-refractivity contribution in [2.45, 2.75) is 19.6 Å². The predicted octanol–water partition coefficient (Wildman–Crippen LogP) is 3.92. The Kier molecular flexibility index (Phi) is 5.95. The van der Waals surface area contributed by atoms with E-state index in [1.165, 1.54) is 36.4 Å². The first-order chi connectivity index (χ1) is 15.8. The lowest BCUT2D eigenvalue weighted by molar-refractivity contribution is -0.689. The Balaban J connectivity index is 1.87. The van der Waals surface area contributed by atoms with E-state index < -0.39 is 23.3 Å². The van der Waals surface area contributed by atoms with Crippen LogP contribution in [0.15, 0.2) is 77.9 Å². The highest BCUT2D eigenvalue weighted by Crippen LogP contribution is 2.33. The van der Waals surface area contributed by atoms with Gasteiger partial charge in [-0.25, -0.2) is 9.78 Å². The minimum absolute atomic E-state index is 0.00459. The van der Waals surface area contributed by atoms with E-state index >= 15 is 0 Å². The van der Waals surface area contributed by atoms with E-state index in [9.17, 15) is 22.8 Å². The monoisotopic (exact) mass is 454 g/mol. The van der Waals surface area contributed by atoms with Crippen molar-refractivity contribution in [3.8, 4) is 5.69 Å². The Morgan fingerprint density at radius 3 is 2.39 bits per heavy atom. The fourth-order valence-electron chi connectivity index (χ4n) is 3.52. The van der Waals surface area contributed by atoms with Crippen molar-refractivity contribution < 1.29 is 27.3 Å². The fraction of sp³-hybridized carbons (Fsp3) is 0.167. The first-order valence-corrected chi connectivity index (χ1v) is 10.1. The summed E-state index contributed by atoms with van der Waals surface area (Å²) in [6.07, 6.45) is -1.51. The number of alkyl halides is 3. The van der Waals surface area contributed by atoms with E-state index in [0.717, 1.165) is 10.6 Å². The molecule has 2 aromatic carbocycles. The van der Waals surface area contributed by atoms with Gasteiger partial charge in [0.2, 0.25) is 6.54 Å². The minimum Gasteiger partial charge on any atom is -0.462 e. The molecule has 2 aromatic heterocycles. The van der Waals surface area contributed by atoms with E-state index in [1.807, 2.05) is 0 Å². The number of carbonyl (C=O) groups excluding carboxylic acids is 1. The smallest absolute Gasteiger partial charge is 0.418 e. The van der Waals surface area contributed by atoms with E-state index in [4.69, 9.17) is 4.74 Å². The number of halogens is 3. The van der Waals surface area contributed by atoms with Crippen LogP contribution in [0.4, 0.5) is 13.2 Å². The van der Waals surface area contributed by atoms with Crippen molar-refractivity contribution in [3.63, 3.8) is 0 Å². The van der Waals surface area contributed by atoms with Crippen molar-refractivity contribution in [2.24, 2.45) is 0 Å². The number of benzene rings is 2. The van der Waals surface area contributed by atoms with Gasteiger partial charge < -0.3 is 4.74 Å². The van der Waals surface area contributed by atoms with Crippen molar-refractivity contribution in [1.29, 1.82) is 0 Å². The number of hydrogen-bond donors (Lipinski definition) is 0. The summed E-state index contributed by atoms with van der Waals surface area (Å²) in [5, 5.41) is 0.209. The van der Waals surface area contributed by atoms with Crippen LogP contribution in [0.5, 0.6) is 0 Å². The highest BCUT2D eigenvalue weighted by molar-refractivity contribution is 5.89. The van der Waals surface area contributed by atoms with Crippen LogP contribution >= 0.6 is 0 Å². The number of esters is 1. The Labute approximate surface area is 186 Å². The van der Waals surface area contributed by atoms with Crippen LogP contribution in [-0.4, -0.2) is 22.1 Å². The predicted molar refractivity (Wildman–Crippen MR) is 114 cm³/mol. The van der Waals surface area contributed by atoms with Crippen LogP contribution in [0.2, 0.25) is 0 Å². The number of pyridine rings is 1. The van der Waals surface area contributed by atoms with Gasteiger partial charge >= 0.3 is 12.1 Å². The van der Waals surface area contributed by atoms with Crippen molar-refractivity contribution in [1.82, 2.24) is 9.55 Å². The summed E-state index contributed by atoms with van der Waals surface area (Å²) in [6.45, 7) is 1.93. The Hall–Kier alpha value is -4.01. The van der Waals surface area contributed by atoms with Gasteiger partial charge in [0.25, 0.3) is 5.56 Å². The molecule has 0 N–H and O–H groups in total. The summed E-state index contributed by atoms with van der Waals surface area (Å²) < 4.78 is 48.8. The lowest BCUT2D eigenvalue weighted by Crippen LogP contribution is -2.38. The summed E-state index contributed by atoms with van der Waals surface area (Å²) in [5.41, 5.74) is -1.13. The number of carbonyl (C=O) groups is 1. The maximum absolute atomic E-state index is 13.7. The Morgan fingerprint density at radius 1 is 1.03 bits per heavy atom. The second-order valence-corrected chi connectivity index (χ2v) is 7.18. The number of rotatable bonds is 5. The lowest BCUT2D eigenvalue weighted by atomic mass is 10.1. The molecule has 168 valence electrons. The number of nitrogens with zero attached hydrogens (tertiary/aromatic N) is 3. The Morgan fingerprint density at radius 2 is 1.70 bits per heavy atom. The highest BCUT2D eigenvalue weighted by Gasteiger charge is 2.35. The second-order valence-electron chi connectivity index (χ2n) is 7.18. The van der Waals surface area contributed by atoms with Gasteiger partial charge in [0, 0.05) is 12.1 Å². The maximum atomic E-state index is 13.7. The van der Waals surface area contributed by atoms with E-state index in [1.54, 1.807) is 42.1 Å². The third kappa shape index (κ3) is 4.48. The molecule has 0 unspecified atom stereocenters. The van der Waals surface area contributed by atoms with Crippen LogP contribution in [0.1, 0.15) is 28.7 Å². The zero-order valence-corrected chi connectivity index (χ0v) is 17.5. The molecule has 0 amide bonds. The average molecular weight is 454 g/mol. The van der Waals surface area contributed by atoms with E-state index in [0.29, 0.717) is 11.1 Å². The molecule has 4 aromatic rings. The van der Waals surface area contributed by atoms with E-state index in [2.05, 4.69) is 4.98 Å². The van der Waals surface area contributed by atoms with Gasteiger partial charge in [0.1, 0.15) is 0 Å².